The molecule has 0 bridgehead atoms. The fourth-order valence-electron chi connectivity index (χ4n) is 2.03. The van der Waals surface area contributed by atoms with Crippen molar-refractivity contribution >= 4 is 15.5 Å². The van der Waals surface area contributed by atoms with Crippen molar-refractivity contribution in [3.05, 3.63) is 29.8 Å². The van der Waals surface area contributed by atoms with Gasteiger partial charge in [-0.3, -0.25) is 0 Å². The lowest BCUT2D eigenvalue weighted by Gasteiger charge is -2.15. The van der Waals surface area contributed by atoms with E-state index in [1.165, 1.54) is 0 Å². The van der Waals surface area contributed by atoms with Gasteiger partial charge in [0.05, 0.1) is 5.75 Å². The van der Waals surface area contributed by atoms with Gasteiger partial charge in [-0.15, -0.1) is 0 Å². The average molecular weight is 239 g/mol. The molecule has 88 valence electrons. The molecule has 0 spiro atoms. The van der Waals surface area contributed by atoms with E-state index in [2.05, 4.69) is 0 Å². The summed E-state index contributed by atoms with van der Waals surface area (Å²) in [6, 6.07) is 7.59. The number of sulfone groups is 1. The van der Waals surface area contributed by atoms with Gasteiger partial charge in [0.1, 0.15) is 0 Å². The van der Waals surface area contributed by atoms with Gasteiger partial charge >= 0.3 is 0 Å². The van der Waals surface area contributed by atoms with Crippen LogP contribution < -0.4 is 5.73 Å². The third-order valence-corrected chi connectivity index (χ3v) is 5.18. The number of nitrogens with two attached hydrogens (primary N) is 1. The van der Waals surface area contributed by atoms with E-state index in [1.807, 2.05) is 24.3 Å². The van der Waals surface area contributed by atoms with E-state index in [0.717, 1.165) is 24.1 Å². The maximum absolute atomic E-state index is 11.7. The summed E-state index contributed by atoms with van der Waals surface area (Å²) in [6.07, 6.45) is 1.94. The Kier molecular flexibility index (Phi) is 2.70. The summed E-state index contributed by atoms with van der Waals surface area (Å²) in [5.74, 6) is 0.504. The molecule has 1 aromatic rings. The summed E-state index contributed by atoms with van der Waals surface area (Å²) in [6.45, 7) is 1.70. The summed E-state index contributed by atoms with van der Waals surface area (Å²) in [7, 11) is -2.90. The molecule has 0 radical (unpaired) electrons. The van der Waals surface area contributed by atoms with Gasteiger partial charge in [-0.05, 0) is 30.5 Å². The average Bonchev–Trinajstić information content (AvgIpc) is 2.99. The van der Waals surface area contributed by atoms with Crippen molar-refractivity contribution in [3.8, 4) is 0 Å². The largest absolute Gasteiger partial charge is 0.399 e. The number of benzene rings is 1. The second-order valence-electron chi connectivity index (χ2n) is 4.58. The zero-order chi connectivity index (χ0) is 11.8. The fourth-order valence-corrected chi connectivity index (χ4v) is 3.53. The molecule has 2 rings (SSSR count). The van der Waals surface area contributed by atoms with Crippen molar-refractivity contribution in [3.63, 3.8) is 0 Å². The van der Waals surface area contributed by atoms with Gasteiger partial charge < -0.3 is 5.73 Å². The molecule has 16 heavy (non-hydrogen) atoms. The van der Waals surface area contributed by atoms with Crippen LogP contribution >= 0.6 is 0 Å². The Balaban J connectivity index is 2.24. The summed E-state index contributed by atoms with van der Waals surface area (Å²) < 4.78 is 23.3. The van der Waals surface area contributed by atoms with E-state index in [-0.39, 0.29) is 16.9 Å². The maximum atomic E-state index is 11.7. The second-order valence-corrected chi connectivity index (χ2v) is 6.93. The topological polar surface area (TPSA) is 60.2 Å². The van der Waals surface area contributed by atoms with Crippen LogP contribution in [0.25, 0.3) is 0 Å². The predicted molar refractivity (Wildman–Crippen MR) is 66.1 cm³/mol. The van der Waals surface area contributed by atoms with Crippen molar-refractivity contribution in [1.29, 1.82) is 0 Å². The van der Waals surface area contributed by atoms with E-state index in [4.69, 9.17) is 5.73 Å². The Morgan fingerprint density at radius 3 is 2.25 bits per heavy atom. The molecule has 2 N–H and O–H groups in total. The van der Waals surface area contributed by atoms with E-state index < -0.39 is 9.84 Å². The number of hydrogen-bond donors (Lipinski definition) is 1. The zero-order valence-corrected chi connectivity index (χ0v) is 10.3. The Bertz CT molecular complexity index is 472. The standard InChI is InChI=1S/C12H17NO2S/c1-2-16(14,15)9-12(7-8-12)10-3-5-11(13)6-4-10/h3-6H,2,7-9,13H2,1H3. The molecule has 1 aromatic carbocycles. The molecule has 0 unspecified atom stereocenters. The molecule has 1 saturated carbocycles. The van der Waals surface area contributed by atoms with E-state index in [0.29, 0.717) is 0 Å². The Hall–Kier alpha value is -1.03. The van der Waals surface area contributed by atoms with E-state index >= 15 is 0 Å². The minimum absolute atomic E-state index is 0.122. The molecule has 0 aliphatic heterocycles. The van der Waals surface area contributed by atoms with Crippen LogP contribution in [0.1, 0.15) is 25.3 Å². The molecule has 4 heteroatoms. The molecule has 0 heterocycles. The summed E-state index contributed by atoms with van der Waals surface area (Å²) >= 11 is 0. The first-order valence-corrected chi connectivity index (χ1v) is 7.36. The van der Waals surface area contributed by atoms with E-state index in [1.54, 1.807) is 6.92 Å². The van der Waals surface area contributed by atoms with Crippen molar-refractivity contribution in [2.45, 2.75) is 25.2 Å². The zero-order valence-electron chi connectivity index (χ0n) is 9.44. The number of rotatable bonds is 4. The van der Waals surface area contributed by atoms with Gasteiger partial charge in [-0.1, -0.05) is 19.1 Å². The smallest absolute Gasteiger partial charge is 0.150 e. The minimum atomic E-state index is -2.90. The number of hydrogen-bond acceptors (Lipinski definition) is 3. The highest BCUT2D eigenvalue weighted by Gasteiger charge is 2.46. The summed E-state index contributed by atoms with van der Waals surface area (Å²) in [5.41, 5.74) is 7.33. The fraction of sp³-hybridized carbons (Fsp3) is 0.500. The predicted octanol–water partition coefficient (Wildman–Crippen LogP) is 1.74. The lowest BCUT2D eigenvalue weighted by Crippen LogP contribution is -2.22. The normalized spacial score (nSPS) is 18.3. The van der Waals surface area contributed by atoms with Crippen molar-refractivity contribution in [2.75, 3.05) is 17.2 Å². The van der Waals surface area contributed by atoms with Crippen LogP contribution in [0.5, 0.6) is 0 Å². The van der Waals surface area contributed by atoms with Gasteiger partial charge in [0.2, 0.25) is 0 Å². The third-order valence-electron chi connectivity index (χ3n) is 3.31. The summed E-state index contributed by atoms with van der Waals surface area (Å²) in [4.78, 5) is 0. The van der Waals surface area contributed by atoms with Crippen LogP contribution in [0, 0.1) is 0 Å². The van der Waals surface area contributed by atoms with Crippen molar-refractivity contribution < 1.29 is 8.42 Å². The van der Waals surface area contributed by atoms with Crippen LogP contribution in [-0.4, -0.2) is 19.9 Å². The van der Waals surface area contributed by atoms with Crippen molar-refractivity contribution in [1.82, 2.24) is 0 Å². The summed E-state index contributed by atoms with van der Waals surface area (Å²) in [5, 5.41) is 0. The first-order chi connectivity index (χ1) is 7.47. The van der Waals surface area contributed by atoms with Crippen LogP contribution in [0.2, 0.25) is 0 Å². The molecule has 0 atom stereocenters. The molecular formula is C12H17NO2S. The van der Waals surface area contributed by atoms with Crippen molar-refractivity contribution in [2.24, 2.45) is 0 Å². The van der Waals surface area contributed by atoms with Gasteiger partial charge in [0.15, 0.2) is 9.84 Å². The molecule has 0 amide bonds. The Morgan fingerprint density at radius 1 is 1.25 bits per heavy atom. The molecule has 1 aliphatic rings. The lowest BCUT2D eigenvalue weighted by molar-refractivity contribution is 0.587. The number of nitrogen functional groups attached to an aromatic ring is 1. The van der Waals surface area contributed by atoms with Crippen LogP contribution in [-0.2, 0) is 15.3 Å². The minimum Gasteiger partial charge on any atom is -0.399 e. The van der Waals surface area contributed by atoms with Gasteiger partial charge in [-0.2, -0.15) is 0 Å². The molecular weight excluding hydrogens is 222 g/mol. The number of anilines is 1. The Labute approximate surface area is 96.6 Å². The SMILES string of the molecule is CCS(=O)(=O)CC1(c2ccc(N)cc2)CC1. The lowest BCUT2D eigenvalue weighted by atomic mass is 9.98. The molecule has 1 aliphatic carbocycles. The van der Waals surface area contributed by atoms with Crippen LogP contribution in [0.15, 0.2) is 24.3 Å². The quantitative estimate of drug-likeness (QED) is 0.814. The van der Waals surface area contributed by atoms with Gasteiger partial charge in [0, 0.05) is 16.9 Å². The molecule has 0 aromatic heterocycles. The highest BCUT2D eigenvalue weighted by molar-refractivity contribution is 7.91. The molecule has 3 nitrogen and oxygen atoms in total. The maximum Gasteiger partial charge on any atom is 0.150 e. The molecule has 0 saturated heterocycles. The first-order valence-electron chi connectivity index (χ1n) is 5.54. The monoisotopic (exact) mass is 239 g/mol. The van der Waals surface area contributed by atoms with Crippen LogP contribution in [0.3, 0.4) is 0 Å². The molecule has 1 fully saturated rings. The Morgan fingerprint density at radius 2 is 1.81 bits per heavy atom. The van der Waals surface area contributed by atoms with E-state index in [9.17, 15) is 8.42 Å². The van der Waals surface area contributed by atoms with Crippen LogP contribution in [0.4, 0.5) is 5.69 Å². The second kappa shape index (κ2) is 3.77. The van der Waals surface area contributed by atoms with Gasteiger partial charge in [-0.25, -0.2) is 8.42 Å². The first kappa shape index (κ1) is 11.5. The highest BCUT2D eigenvalue weighted by atomic mass is 32.2. The highest BCUT2D eigenvalue weighted by Crippen LogP contribution is 2.49. The third kappa shape index (κ3) is 2.21. The van der Waals surface area contributed by atoms with Gasteiger partial charge in [0.25, 0.3) is 0 Å².